The van der Waals surface area contributed by atoms with E-state index in [-0.39, 0.29) is 11.8 Å². The average Bonchev–Trinajstić information content (AvgIpc) is 1.88. The number of aromatic hydroxyl groups is 2. The molecule has 0 aliphatic rings. The minimum absolute atomic E-state index is 0.192. The van der Waals surface area contributed by atoms with Crippen molar-refractivity contribution in [2.45, 2.75) is 13.3 Å². The molecule has 4 nitrogen and oxygen atoms in total. The van der Waals surface area contributed by atoms with Crippen LogP contribution in [0.1, 0.15) is 12.6 Å². The van der Waals surface area contributed by atoms with E-state index in [4.69, 9.17) is 10.2 Å². The molecule has 0 radical (unpaired) electrons. The highest BCUT2D eigenvalue weighted by Gasteiger charge is 2.01. The Morgan fingerprint density at radius 2 is 2.20 bits per heavy atom. The quantitative estimate of drug-likeness (QED) is 0.594. The van der Waals surface area contributed by atoms with Crippen LogP contribution < -0.4 is 0 Å². The Labute approximate surface area is 58.2 Å². The van der Waals surface area contributed by atoms with E-state index in [0.717, 1.165) is 0 Å². The van der Waals surface area contributed by atoms with Crippen LogP contribution in [-0.2, 0) is 6.42 Å². The molecule has 0 spiro atoms. The van der Waals surface area contributed by atoms with E-state index in [1.165, 1.54) is 6.20 Å². The Hall–Kier alpha value is -1.32. The summed E-state index contributed by atoms with van der Waals surface area (Å²) in [5.41, 5.74) is 0.498. The van der Waals surface area contributed by atoms with E-state index in [1.54, 1.807) is 0 Å². The van der Waals surface area contributed by atoms with Gasteiger partial charge in [0, 0.05) is 0 Å². The van der Waals surface area contributed by atoms with Gasteiger partial charge < -0.3 is 10.2 Å². The van der Waals surface area contributed by atoms with Crippen LogP contribution in [0, 0.1) is 0 Å². The van der Waals surface area contributed by atoms with Gasteiger partial charge in [-0.05, 0) is 6.42 Å². The van der Waals surface area contributed by atoms with Gasteiger partial charge in [-0.25, -0.2) is 0 Å². The maximum Gasteiger partial charge on any atom is 0.236 e. The van der Waals surface area contributed by atoms with Crippen LogP contribution in [0.15, 0.2) is 6.20 Å². The molecule has 1 aromatic heterocycles. The van der Waals surface area contributed by atoms with Crippen molar-refractivity contribution in [2.24, 2.45) is 0 Å². The van der Waals surface area contributed by atoms with Gasteiger partial charge in [-0.15, -0.1) is 0 Å². The van der Waals surface area contributed by atoms with E-state index < -0.39 is 0 Å². The lowest BCUT2D eigenvalue weighted by Crippen LogP contribution is -1.89. The fourth-order valence-electron chi connectivity index (χ4n) is 0.645. The third-order valence-corrected chi connectivity index (χ3v) is 1.15. The Kier molecular flexibility index (Phi) is 1.71. The van der Waals surface area contributed by atoms with Crippen LogP contribution in [0.25, 0.3) is 0 Å². The van der Waals surface area contributed by atoms with Crippen molar-refractivity contribution in [3.8, 4) is 11.8 Å². The number of aryl methyl sites for hydroxylation is 1. The Morgan fingerprint density at radius 3 is 2.70 bits per heavy atom. The second kappa shape index (κ2) is 2.51. The summed E-state index contributed by atoms with van der Waals surface area (Å²) in [6.07, 6.45) is 1.82. The number of aromatic nitrogens is 2. The van der Waals surface area contributed by atoms with Crippen molar-refractivity contribution in [3.63, 3.8) is 0 Å². The molecule has 54 valence electrons. The number of hydrogen-bond acceptors (Lipinski definition) is 4. The van der Waals surface area contributed by atoms with Gasteiger partial charge in [0.1, 0.15) is 5.69 Å². The molecule has 4 heteroatoms. The molecule has 0 fully saturated rings. The highest BCUT2D eigenvalue weighted by atomic mass is 16.3. The first-order chi connectivity index (χ1) is 4.74. The zero-order chi connectivity index (χ0) is 7.56. The molecule has 1 heterocycles. The summed E-state index contributed by atoms with van der Waals surface area (Å²) < 4.78 is 0. The molecule has 0 unspecified atom stereocenters. The van der Waals surface area contributed by atoms with Gasteiger partial charge in [-0.2, -0.15) is 4.98 Å². The molecule has 10 heavy (non-hydrogen) atoms. The molecule has 1 aromatic rings. The van der Waals surface area contributed by atoms with Gasteiger partial charge >= 0.3 is 0 Å². The third kappa shape index (κ3) is 1.15. The van der Waals surface area contributed by atoms with Gasteiger partial charge in [-0.3, -0.25) is 4.98 Å². The van der Waals surface area contributed by atoms with Crippen LogP contribution in [0.5, 0.6) is 11.8 Å². The first-order valence-electron chi connectivity index (χ1n) is 2.98. The average molecular weight is 140 g/mol. The first kappa shape index (κ1) is 6.80. The van der Waals surface area contributed by atoms with Gasteiger partial charge in [0.15, 0.2) is 0 Å². The molecule has 1 rings (SSSR count). The summed E-state index contributed by atoms with van der Waals surface area (Å²) in [6, 6.07) is 0. The SMILES string of the molecule is CCc1ncc(O)nc1O. The maximum atomic E-state index is 8.96. The third-order valence-electron chi connectivity index (χ3n) is 1.15. The van der Waals surface area contributed by atoms with Gasteiger partial charge in [0.25, 0.3) is 0 Å². The molecule has 0 aliphatic heterocycles. The second-order valence-electron chi connectivity index (χ2n) is 1.85. The molecule has 0 saturated carbocycles. The van der Waals surface area contributed by atoms with Crippen LogP contribution >= 0.6 is 0 Å². The van der Waals surface area contributed by atoms with Gasteiger partial charge in [0.2, 0.25) is 11.8 Å². The van der Waals surface area contributed by atoms with Crippen LogP contribution in [0.3, 0.4) is 0 Å². The number of hydrogen-bond donors (Lipinski definition) is 2. The first-order valence-corrected chi connectivity index (χ1v) is 2.98. The fraction of sp³-hybridized carbons (Fsp3) is 0.333. The van der Waals surface area contributed by atoms with Crippen molar-refractivity contribution in [3.05, 3.63) is 11.9 Å². The lowest BCUT2D eigenvalue weighted by Gasteiger charge is -1.97. The summed E-state index contributed by atoms with van der Waals surface area (Å²) in [5.74, 6) is -0.447. The predicted octanol–water partition coefficient (Wildman–Crippen LogP) is 0.450. The fourth-order valence-corrected chi connectivity index (χ4v) is 0.645. The molecular formula is C6H8N2O2. The largest absolute Gasteiger partial charge is 0.492 e. The van der Waals surface area contributed by atoms with Crippen LogP contribution in [0.4, 0.5) is 0 Å². The van der Waals surface area contributed by atoms with Crippen LogP contribution in [-0.4, -0.2) is 20.2 Å². The number of rotatable bonds is 1. The molecule has 2 N–H and O–H groups in total. The molecule has 0 bridgehead atoms. The van der Waals surface area contributed by atoms with E-state index in [9.17, 15) is 0 Å². The summed E-state index contributed by atoms with van der Waals surface area (Å²) in [7, 11) is 0. The van der Waals surface area contributed by atoms with Crippen molar-refractivity contribution in [2.75, 3.05) is 0 Å². The monoisotopic (exact) mass is 140 g/mol. The van der Waals surface area contributed by atoms with Crippen molar-refractivity contribution in [1.82, 2.24) is 9.97 Å². The summed E-state index contributed by atoms with van der Waals surface area (Å²) >= 11 is 0. The van der Waals surface area contributed by atoms with Gasteiger partial charge in [-0.1, -0.05) is 6.92 Å². The zero-order valence-corrected chi connectivity index (χ0v) is 5.57. The Bertz CT molecular complexity index is 237. The molecule has 0 amide bonds. The highest BCUT2D eigenvalue weighted by molar-refractivity contribution is 5.19. The van der Waals surface area contributed by atoms with Crippen LogP contribution in [0.2, 0.25) is 0 Å². The van der Waals surface area contributed by atoms with Crippen molar-refractivity contribution in [1.29, 1.82) is 0 Å². The summed E-state index contributed by atoms with van der Waals surface area (Å²) in [5, 5.41) is 17.7. The molecule has 0 atom stereocenters. The molecule has 0 aliphatic carbocycles. The topological polar surface area (TPSA) is 66.2 Å². The minimum Gasteiger partial charge on any atom is -0.492 e. The molecule has 0 aromatic carbocycles. The van der Waals surface area contributed by atoms with E-state index in [1.807, 2.05) is 6.92 Å². The zero-order valence-electron chi connectivity index (χ0n) is 5.57. The minimum atomic E-state index is -0.255. The number of nitrogens with zero attached hydrogens (tertiary/aromatic N) is 2. The van der Waals surface area contributed by atoms with E-state index >= 15 is 0 Å². The highest BCUT2D eigenvalue weighted by Crippen LogP contribution is 2.13. The van der Waals surface area contributed by atoms with E-state index in [2.05, 4.69) is 9.97 Å². The Balaban J connectivity index is 3.07. The molecular weight excluding hydrogens is 132 g/mol. The van der Waals surface area contributed by atoms with Crippen molar-refractivity contribution < 1.29 is 10.2 Å². The standard InChI is InChI=1S/C6H8N2O2/c1-2-4-6(10)8-5(9)3-7-4/h3H,2H2,1H3,(H2,8,9,10). The summed E-state index contributed by atoms with van der Waals surface area (Å²) in [4.78, 5) is 7.13. The van der Waals surface area contributed by atoms with Crippen molar-refractivity contribution >= 4 is 0 Å². The summed E-state index contributed by atoms with van der Waals surface area (Å²) in [6.45, 7) is 1.85. The lowest BCUT2D eigenvalue weighted by molar-refractivity contribution is 0.403. The smallest absolute Gasteiger partial charge is 0.236 e. The lowest BCUT2D eigenvalue weighted by atomic mass is 10.3. The Morgan fingerprint density at radius 1 is 1.50 bits per heavy atom. The normalized spacial score (nSPS) is 9.70. The van der Waals surface area contributed by atoms with Gasteiger partial charge in [0.05, 0.1) is 6.20 Å². The molecule has 0 saturated heterocycles. The van der Waals surface area contributed by atoms with E-state index in [0.29, 0.717) is 12.1 Å². The predicted molar refractivity (Wildman–Crippen MR) is 34.7 cm³/mol. The maximum absolute atomic E-state index is 8.96. The second-order valence-corrected chi connectivity index (χ2v) is 1.85.